The van der Waals surface area contributed by atoms with Gasteiger partial charge in [0.15, 0.2) is 0 Å². The molecule has 2 heteroatoms. The topological polar surface area (TPSA) is 29.5 Å². The predicted octanol–water partition coefficient (Wildman–Crippen LogP) is 1.96. The number of hydrogen-bond donors (Lipinski definition) is 1. The van der Waals surface area contributed by atoms with Crippen molar-refractivity contribution in [2.45, 2.75) is 51.7 Å². The van der Waals surface area contributed by atoms with E-state index in [0.29, 0.717) is 0 Å². The zero-order valence-electron chi connectivity index (χ0n) is 8.55. The zero-order chi connectivity index (χ0) is 9.41. The highest BCUT2D eigenvalue weighted by atomic mass is 16.5. The summed E-state index contributed by atoms with van der Waals surface area (Å²) in [5.74, 6) is 0. The van der Waals surface area contributed by atoms with Crippen LogP contribution in [-0.4, -0.2) is 23.9 Å². The third kappa shape index (κ3) is 1.50. The minimum atomic E-state index is -0.344. The van der Waals surface area contributed by atoms with Crippen LogP contribution in [0.5, 0.6) is 0 Å². The van der Waals surface area contributed by atoms with E-state index in [-0.39, 0.29) is 17.1 Å². The molecule has 1 unspecified atom stereocenters. The van der Waals surface area contributed by atoms with Crippen LogP contribution in [-0.2, 0) is 4.74 Å². The average molecular weight is 172 g/mol. The Hall–Kier alpha value is -0.0800. The van der Waals surface area contributed by atoms with Gasteiger partial charge in [-0.3, -0.25) is 0 Å². The second-order valence-electron chi connectivity index (χ2n) is 4.89. The Morgan fingerprint density at radius 1 is 1.33 bits per heavy atom. The second kappa shape index (κ2) is 3.00. The molecule has 0 bridgehead atoms. The van der Waals surface area contributed by atoms with Crippen LogP contribution < -0.4 is 0 Å². The highest BCUT2D eigenvalue weighted by Gasteiger charge is 2.48. The first kappa shape index (κ1) is 10.0. The molecule has 72 valence electrons. The van der Waals surface area contributed by atoms with Crippen molar-refractivity contribution in [3.63, 3.8) is 0 Å². The third-order valence-corrected chi connectivity index (χ3v) is 2.93. The van der Waals surface area contributed by atoms with Crippen molar-refractivity contribution < 1.29 is 9.84 Å². The van der Waals surface area contributed by atoms with Crippen LogP contribution in [0.25, 0.3) is 0 Å². The van der Waals surface area contributed by atoms with Gasteiger partial charge in [-0.15, -0.1) is 0 Å². The Balaban J connectivity index is 2.67. The van der Waals surface area contributed by atoms with Crippen LogP contribution in [0.4, 0.5) is 0 Å². The molecule has 0 aliphatic heterocycles. The van der Waals surface area contributed by atoms with Gasteiger partial charge < -0.3 is 9.84 Å². The van der Waals surface area contributed by atoms with E-state index in [1.54, 1.807) is 7.11 Å². The molecule has 0 aromatic heterocycles. The van der Waals surface area contributed by atoms with E-state index >= 15 is 0 Å². The number of hydrogen-bond acceptors (Lipinski definition) is 2. The summed E-state index contributed by atoms with van der Waals surface area (Å²) in [5.41, 5.74) is -0.311. The number of aliphatic hydroxyl groups excluding tert-OH is 1. The first-order valence-electron chi connectivity index (χ1n) is 4.66. The van der Waals surface area contributed by atoms with Gasteiger partial charge >= 0.3 is 0 Å². The Morgan fingerprint density at radius 2 is 1.83 bits per heavy atom. The minimum absolute atomic E-state index is 0.0730. The molecule has 1 rings (SSSR count). The molecule has 1 N–H and O–H groups in total. The predicted molar refractivity (Wildman–Crippen MR) is 49.1 cm³/mol. The van der Waals surface area contributed by atoms with E-state index in [0.717, 1.165) is 12.8 Å². The highest BCUT2D eigenvalue weighted by molar-refractivity contribution is 5.00. The Bertz CT molecular complexity index is 148. The van der Waals surface area contributed by atoms with E-state index in [9.17, 15) is 5.11 Å². The average Bonchev–Trinajstić information content (AvgIpc) is 1.84. The first-order chi connectivity index (χ1) is 5.42. The van der Waals surface area contributed by atoms with Gasteiger partial charge in [0.25, 0.3) is 0 Å². The fraction of sp³-hybridized carbons (Fsp3) is 1.00. The molecule has 1 saturated carbocycles. The van der Waals surface area contributed by atoms with Gasteiger partial charge in [-0.25, -0.2) is 0 Å². The summed E-state index contributed by atoms with van der Waals surface area (Å²) in [6.45, 7) is 6.16. The van der Waals surface area contributed by atoms with E-state index in [4.69, 9.17) is 4.74 Å². The van der Waals surface area contributed by atoms with Crippen molar-refractivity contribution in [3.05, 3.63) is 0 Å². The van der Waals surface area contributed by atoms with Crippen molar-refractivity contribution in [2.75, 3.05) is 7.11 Å². The Labute approximate surface area is 74.9 Å². The molecule has 0 spiro atoms. The van der Waals surface area contributed by atoms with Gasteiger partial charge in [-0.2, -0.15) is 0 Å². The Morgan fingerprint density at radius 3 is 1.92 bits per heavy atom. The van der Waals surface area contributed by atoms with Crippen molar-refractivity contribution >= 4 is 0 Å². The Kier molecular flexibility index (Phi) is 2.50. The zero-order valence-corrected chi connectivity index (χ0v) is 8.55. The number of methoxy groups -OCH3 is 1. The lowest BCUT2D eigenvalue weighted by Gasteiger charge is -2.48. The summed E-state index contributed by atoms with van der Waals surface area (Å²) < 4.78 is 5.41. The lowest BCUT2D eigenvalue weighted by atomic mass is 9.68. The normalized spacial score (nSPS) is 24.8. The molecule has 0 aromatic carbocycles. The van der Waals surface area contributed by atoms with Crippen molar-refractivity contribution in [1.29, 1.82) is 0 Å². The van der Waals surface area contributed by atoms with E-state index in [1.807, 2.05) is 0 Å². The van der Waals surface area contributed by atoms with Crippen LogP contribution >= 0.6 is 0 Å². The molecule has 0 saturated heterocycles. The molecule has 0 radical (unpaired) electrons. The summed E-state index contributed by atoms with van der Waals surface area (Å²) in [6, 6.07) is 0. The van der Waals surface area contributed by atoms with Crippen molar-refractivity contribution in [3.8, 4) is 0 Å². The largest absolute Gasteiger partial charge is 0.390 e. The molecule has 1 aliphatic rings. The van der Waals surface area contributed by atoms with Crippen LogP contribution in [0.15, 0.2) is 0 Å². The lowest BCUT2D eigenvalue weighted by Crippen LogP contribution is -2.55. The summed E-state index contributed by atoms with van der Waals surface area (Å²) in [4.78, 5) is 0. The SMILES string of the molecule is COC1(C(O)C(C)(C)C)CCC1. The molecule has 0 aromatic rings. The standard InChI is InChI=1S/C10H20O2/c1-9(2,3)8(11)10(12-4)6-5-7-10/h8,11H,5-7H2,1-4H3. The molecule has 1 atom stereocenters. The molecular formula is C10H20O2. The maximum absolute atomic E-state index is 10.0. The number of rotatable bonds is 2. The van der Waals surface area contributed by atoms with Gasteiger partial charge in [-0.1, -0.05) is 20.8 Å². The van der Waals surface area contributed by atoms with E-state index < -0.39 is 0 Å². The highest BCUT2D eigenvalue weighted by Crippen LogP contribution is 2.43. The molecular weight excluding hydrogens is 152 g/mol. The molecule has 0 amide bonds. The molecule has 0 heterocycles. The fourth-order valence-electron chi connectivity index (χ4n) is 1.90. The van der Waals surface area contributed by atoms with Gasteiger partial charge in [0.05, 0.1) is 11.7 Å². The van der Waals surface area contributed by atoms with Crippen molar-refractivity contribution in [2.24, 2.45) is 5.41 Å². The second-order valence-corrected chi connectivity index (χ2v) is 4.89. The third-order valence-electron chi connectivity index (χ3n) is 2.93. The fourth-order valence-corrected chi connectivity index (χ4v) is 1.90. The molecule has 1 fully saturated rings. The van der Waals surface area contributed by atoms with Gasteiger partial charge in [0.1, 0.15) is 0 Å². The first-order valence-corrected chi connectivity index (χ1v) is 4.66. The van der Waals surface area contributed by atoms with Gasteiger partial charge in [-0.05, 0) is 24.7 Å². The monoisotopic (exact) mass is 172 g/mol. The summed E-state index contributed by atoms with van der Waals surface area (Å²) in [6.07, 6.45) is 2.84. The lowest BCUT2D eigenvalue weighted by molar-refractivity contribution is -0.180. The van der Waals surface area contributed by atoms with Crippen LogP contribution in [0.2, 0.25) is 0 Å². The molecule has 2 nitrogen and oxygen atoms in total. The number of ether oxygens (including phenoxy) is 1. The van der Waals surface area contributed by atoms with Crippen LogP contribution in [0, 0.1) is 5.41 Å². The van der Waals surface area contributed by atoms with Crippen LogP contribution in [0.1, 0.15) is 40.0 Å². The van der Waals surface area contributed by atoms with Gasteiger partial charge in [0, 0.05) is 7.11 Å². The smallest absolute Gasteiger partial charge is 0.0941 e. The van der Waals surface area contributed by atoms with E-state index in [2.05, 4.69) is 20.8 Å². The summed E-state index contributed by atoms with van der Waals surface area (Å²) in [5, 5.41) is 10.0. The van der Waals surface area contributed by atoms with Gasteiger partial charge in [0.2, 0.25) is 0 Å². The molecule has 1 aliphatic carbocycles. The summed E-state index contributed by atoms with van der Waals surface area (Å²) >= 11 is 0. The quantitative estimate of drug-likeness (QED) is 0.690. The van der Waals surface area contributed by atoms with E-state index in [1.165, 1.54) is 6.42 Å². The minimum Gasteiger partial charge on any atom is -0.390 e. The maximum Gasteiger partial charge on any atom is 0.0941 e. The maximum atomic E-state index is 10.0. The van der Waals surface area contributed by atoms with Crippen molar-refractivity contribution in [1.82, 2.24) is 0 Å². The number of aliphatic hydroxyl groups is 1. The molecule has 12 heavy (non-hydrogen) atoms. The van der Waals surface area contributed by atoms with Crippen LogP contribution in [0.3, 0.4) is 0 Å². The summed E-state index contributed by atoms with van der Waals surface area (Å²) in [7, 11) is 1.70.